The summed E-state index contributed by atoms with van der Waals surface area (Å²) in [5, 5.41) is 16.5. The molecule has 1 amide bonds. The van der Waals surface area contributed by atoms with Crippen molar-refractivity contribution in [3.63, 3.8) is 0 Å². The van der Waals surface area contributed by atoms with Crippen LogP contribution < -0.4 is 16.4 Å². The molecule has 10 nitrogen and oxygen atoms in total. The molecule has 1 aliphatic heterocycles. The van der Waals surface area contributed by atoms with Crippen LogP contribution in [0, 0.1) is 23.7 Å². The fourth-order valence-electron chi connectivity index (χ4n) is 4.96. The summed E-state index contributed by atoms with van der Waals surface area (Å²) in [6, 6.07) is 5.24. The number of hydrogen-bond donors (Lipinski definition) is 3. The van der Waals surface area contributed by atoms with Crippen molar-refractivity contribution in [1.29, 1.82) is 5.26 Å². The maximum absolute atomic E-state index is 12.1. The fourth-order valence-corrected chi connectivity index (χ4v) is 5.54. The number of primary amides is 1. The van der Waals surface area contributed by atoms with E-state index in [1.54, 1.807) is 12.1 Å². The normalized spacial score (nSPS) is 22.5. The predicted octanol–water partition coefficient (Wildman–Crippen LogP) is 5.37. The van der Waals surface area contributed by atoms with E-state index in [2.05, 4.69) is 28.4 Å². The van der Waals surface area contributed by atoms with Crippen LogP contribution in [0.25, 0.3) is 0 Å². The number of imidazole rings is 1. The highest BCUT2D eigenvalue weighted by Gasteiger charge is 2.38. The van der Waals surface area contributed by atoms with Crippen molar-refractivity contribution >= 4 is 59.2 Å². The summed E-state index contributed by atoms with van der Waals surface area (Å²) in [5.74, 6) is 1.34. The molecule has 4 rings (SSSR count). The molecule has 1 aromatic carbocycles. The summed E-state index contributed by atoms with van der Waals surface area (Å²) in [6.45, 7) is 8.84. The molecule has 2 fully saturated rings. The number of aryl methyl sites for hydroxylation is 1. The number of aromatic nitrogens is 2. The summed E-state index contributed by atoms with van der Waals surface area (Å²) >= 11 is 13.0. The molecule has 1 aliphatic carbocycles. The van der Waals surface area contributed by atoms with Crippen molar-refractivity contribution < 1.29 is 9.53 Å². The van der Waals surface area contributed by atoms with Gasteiger partial charge in [-0.15, -0.1) is 0 Å². The van der Waals surface area contributed by atoms with Gasteiger partial charge in [-0.2, -0.15) is 5.26 Å². The van der Waals surface area contributed by atoms with Gasteiger partial charge in [-0.3, -0.25) is 9.36 Å². The second-order valence-electron chi connectivity index (χ2n) is 10.0. The van der Waals surface area contributed by atoms with Gasteiger partial charge in [-0.05, 0) is 64.3 Å². The number of carbonyl (C=O) groups excluding carboxylic acids is 1. The van der Waals surface area contributed by atoms with Crippen LogP contribution in [-0.2, 0) is 9.53 Å². The standard InChI is InChI=1S/C26H32Cl2N8O2/c1-15-22(35-24(31-3)33-17-6-10-38-11-7-17)36(18-4-8-26(2,9-5-18)23(30)37)25(32-15)34-21-19(27)12-16(14-29)13-20(21)28/h12-13,17-18H,3-11H2,1-2H3,(H2,30,37)(H,32,34)(H,33,35). The van der Waals surface area contributed by atoms with Gasteiger partial charge in [-0.1, -0.05) is 30.1 Å². The third kappa shape index (κ3) is 5.96. The molecule has 1 aromatic heterocycles. The van der Waals surface area contributed by atoms with Crippen LogP contribution >= 0.6 is 23.2 Å². The number of anilines is 3. The smallest absolute Gasteiger partial charge is 0.223 e. The van der Waals surface area contributed by atoms with Crippen LogP contribution in [0.2, 0.25) is 10.0 Å². The van der Waals surface area contributed by atoms with Gasteiger partial charge in [0.1, 0.15) is 5.82 Å². The molecule has 1 saturated carbocycles. The molecule has 0 unspecified atom stereocenters. The number of carbonyl (C=O) groups is 1. The average Bonchev–Trinajstić information content (AvgIpc) is 3.20. The van der Waals surface area contributed by atoms with Crippen molar-refractivity contribution in [2.24, 2.45) is 21.1 Å². The van der Waals surface area contributed by atoms with Gasteiger partial charge >= 0.3 is 0 Å². The van der Waals surface area contributed by atoms with Crippen molar-refractivity contribution in [2.45, 2.75) is 64.5 Å². The van der Waals surface area contributed by atoms with E-state index in [0.29, 0.717) is 83.6 Å². The highest BCUT2D eigenvalue weighted by atomic mass is 35.5. The van der Waals surface area contributed by atoms with Crippen molar-refractivity contribution in [2.75, 3.05) is 23.8 Å². The van der Waals surface area contributed by atoms with Gasteiger partial charge in [0.15, 0.2) is 0 Å². The Labute approximate surface area is 232 Å². The Bertz CT molecular complexity index is 1260. The molecule has 38 heavy (non-hydrogen) atoms. The third-order valence-electron chi connectivity index (χ3n) is 7.39. The number of guanidine groups is 1. The molecule has 2 heterocycles. The number of nitrogens with zero attached hydrogens (tertiary/aromatic N) is 5. The maximum atomic E-state index is 12.1. The Kier molecular flexibility index (Phi) is 8.61. The van der Waals surface area contributed by atoms with Gasteiger partial charge in [0.25, 0.3) is 0 Å². The fraction of sp³-hybridized carbons (Fsp3) is 0.500. The van der Waals surface area contributed by atoms with Gasteiger partial charge in [0, 0.05) is 24.7 Å². The lowest BCUT2D eigenvalue weighted by molar-refractivity contribution is -0.128. The van der Waals surface area contributed by atoms with Crippen LogP contribution in [0.15, 0.2) is 22.1 Å². The van der Waals surface area contributed by atoms with E-state index in [4.69, 9.17) is 43.6 Å². The lowest BCUT2D eigenvalue weighted by Gasteiger charge is -2.36. The van der Waals surface area contributed by atoms with Crippen molar-refractivity contribution in [1.82, 2.24) is 9.55 Å². The zero-order chi connectivity index (χ0) is 27.4. The van der Waals surface area contributed by atoms with Crippen LogP contribution in [0.4, 0.5) is 17.5 Å². The summed E-state index contributed by atoms with van der Waals surface area (Å²) in [7, 11) is 0. The first-order valence-electron chi connectivity index (χ1n) is 12.6. The molecule has 202 valence electrons. The van der Waals surface area contributed by atoms with E-state index in [1.807, 2.05) is 18.4 Å². The number of aliphatic imine (C=N–C) groups is 2. The first kappa shape index (κ1) is 27.9. The number of hydrogen-bond acceptors (Lipinski definition) is 6. The highest BCUT2D eigenvalue weighted by molar-refractivity contribution is 6.39. The van der Waals surface area contributed by atoms with Crippen LogP contribution in [0.5, 0.6) is 0 Å². The molecule has 2 aromatic rings. The molecule has 0 bridgehead atoms. The molecule has 0 atom stereocenters. The van der Waals surface area contributed by atoms with E-state index in [1.165, 1.54) is 0 Å². The van der Waals surface area contributed by atoms with Crippen molar-refractivity contribution in [3.8, 4) is 6.07 Å². The number of nitrogens with two attached hydrogens (primary N) is 1. The topological polar surface area (TPSA) is 143 Å². The lowest BCUT2D eigenvalue weighted by Crippen LogP contribution is -2.38. The minimum absolute atomic E-state index is 0.00120. The zero-order valence-corrected chi connectivity index (χ0v) is 23.1. The Hall–Kier alpha value is -3.13. The Morgan fingerprint density at radius 2 is 1.89 bits per heavy atom. The molecular weight excluding hydrogens is 527 g/mol. The third-order valence-corrected chi connectivity index (χ3v) is 7.98. The molecule has 4 N–H and O–H groups in total. The highest BCUT2D eigenvalue weighted by Crippen LogP contribution is 2.44. The maximum Gasteiger partial charge on any atom is 0.223 e. The van der Waals surface area contributed by atoms with Crippen LogP contribution in [0.1, 0.15) is 62.7 Å². The molecular formula is C26H32Cl2N8O2. The Balaban J connectivity index is 1.72. The summed E-state index contributed by atoms with van der Waals surface area (Å²) in [5.41, 5.74) is 6.66. The van der Waals surface area contributed by atoms with Gasteiger partial charge in [0.05, 0.1) is 39.1 Å². The molecule has 0 radical (unpaired) electrons. The van der Waals surface area contributed by atoms with Crippen LogP contribution in [-0.4, -0.2) is 47.4 Å². The van der Waals surface area contributed by atoms with Gasteiger partial charge in [0.2, 0.25) is 17.8 Å². The summed E-state index contributed by atoms with van der Waals surface area (Å²) in [6.07, 6.45) is 4.34. The second kappa shape index (κ2) is 11.7. The Morgan fingerprint density at radius 3 is 2.45 bits per heavy atom. The number of amides is 1. The van der Waals surface area contributed by atoms with E-state index < -0.39 is 5.41 Å². The second-order valence-corrected chi connectivity index (χ2v) is 10.8. The largest absolute Gasteiger partial charge is 0.381 e. The quantitative estimate of drug-likeness (QED) is 0.321. The minimum atomic E-state index is -0.550. The van der Waals surface area contributed by atoms with Crippen LogP contribution in [0.3, 0.4) is 0 Å². The van der Waals surface area contributed by atoms with E-state index in [-0.39, 0.29) is 18.0 Å². The van der Waals surface area contributed by atoms with Gasteiger partial charge in [-0.25, -0.2) is 15.0 Å². The Morgan fingerprint density at radius 1 is 1.26 bits per heavy atom. The lowest BCUT2D eigenvalue weighted by atomic mass is 9.73. The SMILES string of the molecule is C=NC(=NC1CCOCC1)Nc1c(C)nc(Nc2c(Cl)cc(C#N)cc2Cl)n1C1CCC(C)(C(N)=O)CC1. The monoisotopic (exact) mass is 558 g/mol. The van der Waals surface area contributed by atoms with E-state index >= 15 is 0 Å². The first-order valence-corrected chi connectivity index (χ1v) is 13.3. The molecule has 12 heteroatoms. The van der Waals surface area contributed by atoms with Crippen molar-refractivity contribution in [3.05, 3.63) is 33.4 Å². The number of halogens is 2. The number of rotatable bonds is 6. The molecule has 1 saturated heterocycles. The van der Waals surface area contributed by atoms with E-state index in [0.717, 1.165) is 12.8 Å². The van der Waals surface area contributed by atoms with Gasteiger partial charge < -0.3 is 21.1 Å². The molecule has 2 aliphatic rings. The molecule has 0 spiro atoms. The number of nitrogens with one attached hydrogen (secondary N) is 2. The number of ether oxygens (including phenoxy) is 1. The predicted molar refractivity (Wildman–Crippen MR) is 151 cm³/mol. The average molecular weight is 560 g/mol. The first-order chi connectivity index (χ1) is 18.1. The minimum Gasteiger partial charge on any atom is -0.381 e. The zero-order valence-electron chi connectivity index (χ0n) is 21.6. The number of benzene rings is 1. The summed E-state index contributed by atoms with van der Waals surface area (Å²) < 4.78 is 7.49. The number of nitriles is 1. The summed E-state index contributed by atoms with van der Waals surface area (Å²) in [4.78, 5) is 25.8. The van der Waals surface area contributed by atoms with E-state index in [9.17, 15) is 10.1 Å².